The summed E-state index contributed by atoms with van der Waals surface area (Å²) in [5.41, 5.74) is 0.934. The summed E-state index contributed by atoms with van der Waals surface area (Å²) in [7, 11) is 0. The Kier molecular flexibility index (Phi) is 7.55. The molecule has 112 valence electrons. The summed E-state index contributed by atoms with van der Waals surface area (Å²) in [5.74, 6) is 1.71. The maximum Gasteiger partial charge on any atom is 0.119 e. The lowest BCUT2D eigenvalue weighted by Crippen LogP contribution is -2.09. The van der Waals surface area contributed by atoms with E-state index in [1.54, 1.807) is 0 Å². The van der Waals surface area contributed by atoms with E-state index < -0.39 is 0 Å². The molecule has 0 saturated carbocycles. The molecular weight excluding hydrogens is 254 g/mol. The Morgan fingerprint density at radius 3 is 2.40 bits per heavy atom. The third-order valence-electron chi connectivity index (χ3n) is 2.82. The molecule has 1 aromatic rings. The molecule has 4 nitrogen and oxygen atoms in total. The molecule has 0 aliphatic heterocycles. The van der Waals surface area contributed by atoms with E-state index >= 15 is 0 Å². The Hall–Kier alpha value is -1.71. The molecule has 1 rings (SSSR count). The maximum absolute atomic E-state index is 5.71. The Morgan fingerprint density at radius 2 is 1.80 bits per heavy atom. The monoisotopic (exact) mass is 279 g/mol. The van der Waals surface area contributed by atoms with Crippen LogP contribution in [0.1, 0.15) is 40.5 Å². The fraction of sp³-hybridized carbons (Fsp3) is 0.562. The molecule has 1 aromatic carbocycles. The zero-order valence-corrected chi connectivity index (χ0v) is 12.9. The largest absolute Gasteiger partial charge is 0.493 e. The van der Waals surface area contributed by atoms with Crippen molar-refractivity contribution >= 4 is 5.71 Å². The first-order chi connectivity index (χ1) is 9.65. The van der Waals surface area contributed by atoms with Crippen LogP contribution in [0.2, 0.25) is 0 Å². The molecular formula is C16H25NO3. The number of rotatable bonds is 9. The van der Waals surface area contributed by atoms with Gasteiger partial charge in [0.25, 0.3) is 0 Å². The van der Waals surface area contributed by atoms with Gasteiger partial charge in [-0.05, 0) is 51.5 Å². The van der Waals surface area contributed by atoms with Crippen molar-refractivity contribution in [2.24, 2.45) is 5.16 Å². The molecule has 0 fully saturated rings. The first kappa shape index (κ1) is 16.3. The fourth-order valence-electron chi connectivity index (χ4n) is 1.47. The lowest BCUT2D eigenvalue weighted by atomic mass is 10.3. The SMILES string of the molecule is CCON=C(C)CCOc1ccc(OC(C)CC)cc1. The van der Waals surface area contributed by atoms with Crippen LogP contribution >= 0.6 is 0 Å². The lowest BCUT2D eigenvalue weighted by Gasteiger charge is -2.13. The molecule has 1 atom stereocenters. The van der Waals surface area contributed by atoms with Crippen molar-refractivity contribution in [2.75, 3.05) is 13.2 Å². The van der Waals surface area contributed by atoms with Gasteiger partial charge < -0.3 is 14.3 Å². The zero-order chi connectivity index (χ0) is 14.8. The smallest absolute Gasteiger partial charge is 0.119 e. The maximum atomic E-state index is 5.71. The Bertz CT molecular complexity index is 401. The van der Waals surface area contributed by atoms with Crippen LogP contribution in [0.15, 0.2) is 29.4 Å². The molecule has 0 heterocycles. The van der Waals surface area contributed by atoms with E-state index in [1.165, 1.54) is 0 Å². The molecule has 1 unspecified atom stereocenters. The normalized spacial score (nSPS) is 12.9. The molecule has 0 spiro atoms. The third kappa shape index (κ3) is 6.45. The number of ether oxygens (including phenoxy) is 2. The minimum Gasteiger partial charge on any atom is -0.493 e. The summed E-state index contributed by atoms with van der Waals surface area (Å²) in [6.07, 6.45) is 1.99. The Morgan fingerprint density at radius 1 is 1.15 bits per heavy atom. The van der Waals surface area contributed by atoms with Gasteiger partial charge in [0, 0.05) is 6.42 Å². The minimum absolute atomic E-state index is 0.235. The van der Waals surface area contributed by atoms with E-state index in [9.17, 15) is 0 Å². The molecule has 0 saturated heterocycles. The van der Waals surface area contributed by atoms with Gasteiger partial charge in [-0.2, -0.15) is 0 Å². The number of oxime groups is 1. The Labute approximate surface area is 121 Å². The highest BCUT2D eigenvalue weighted by Gasteiger charge is 2.01. The highest BCUT2D eigenvalue weighted by atomic mass is 16.6. The molecule has 20 heavy (non-hydrogen) atoms. The van der Waals surface area contributed by atoms with E-state index in [1.807, 2.05) is 38.1 Å². The van der Waals surface area contributed by atoms with E-state index in [0.717, 1.165) is 30.1 Å². The van der Waals surface area contributed by atoms with Gasteiger partial charge in [0.05, 0.1) is 18.4 Å². The number of hydrogen-bond acceptors (Lipinski definition) is 4. The van der Waals surface area contributed by atoms with Crippen LogP contribution in [-0.2, 0) is 4.84 Å². The second kappa shape index (κ2) is 9.23. The van der Waals surface area contributed by atoms with Crippen LogP contribution in [0.3, 0.4) is 0 Å². The van der Waals surface area contributed by atoms with Crippen molar-refractivity contribution in [3.63, 3.8) is 0 Å². The van der Waals surface area contributed by atoms with Gasteiger partial charge in [-0.1, -0.05) is 12.1 Å². The van der Waals surface area contributed by atoms with E-state index in [-0.39, 0.29) is 6.10 Å². The Balaban J connectivity index is 2.34. The average molecular weight is 279 g/mol. The third-order valence-corrected chi connectivity index (χ3v) is 2.82. The average Bonchev–Trinajstić information content (AvgIpc) is 2.46. The van der Waals surface area contributed by atoms with E-state index in [0.29, 0.717) is 13.2 Å². The van der Waals surface area contributed by atoms with Gasteiger partial charge in [0.2, 0.25) is 0 Å². The van der Waals surface area contributed by atoms with Crippen molar-refractivity contribution < 1.29 is 14.3 Å². The van der Waals surface area contributed by atoms with Crippen molar-refractivity contribution in [3.8, 4) is 11.5 Å². The molecule has 0 aliphatic rings. The fourth-order valence-corrected chi connectivity index (χ4v) is 1.47. The van der Waals surface area contributed by atoms with Gasteiger partial charge in [0.1, 0.15) is 18.1 Å². The van der Waals surface area contributed by atoms with Gasteiger partial charge in [0.15, 0.2) is 0 Å². The first-order valence-electron chi connectivity index (χ1n) is 7.20. The first-order valence-corrected chi connectivity index (χ1v) is 7.20. The lowest BCUT2D eigenvalue weighted by molar-refractivity contribution is 0.157. The van der Waals surface area contributed by atoms with Gasteiger partial charge >= 0.3 is 0 Å². The van der Waals surface area contributed by atoms with Gasteiger partial charge in [-0.15, -0.1) is 0 Å². The molecule has 0 aromatic heterocycles. The highest BCUT2D eigenvalue weighted by Crippen LogP contribution is 2.19. The van der Waals surface area contributed by atoms with Crippen molar-refractivity contribution in [1.29, 1.82) is 0 Å². The molecule has 0 N–H and O–H groups in total. The predicted octanol–water partition coefficient (Wildman–Crippen LogP) is 4.05. The van der Waals surface area contributed by atoms with Crippen molar-refractivity contribution in [1.82, 2.24) is 0 Å². The standard InChI is InChI=1S/C16H25NO3/c1-5-14(4)20-16-9-7-15(8-10-16)18-12-11-13(3)17-19-6-2/h7-10,14H,5-6,11-12H2,1-4H3. The summed E-state index contributed by atoms with van der Waals surface area (Å²) in [5, 5.41) is 3.95. The predicted molar refractivity (Wildman–Crippen MR) is 81.7 cm³/mol. The quantitative estimate of drug-likeness (QED) is 0.506. The molecule has 0 aliphatic carbocycles. The van der Waals surface area contributed by atoms with Gasteiger partial charge in [-0.3, -0.25) is 0 Å². The number of hydrogen-bond donors (Lipinski definition) is 0. The topological polar surface area (TPSA) is 40.0 Å². The van der Waals surface area contributed by atoms with Crippen molar-refractivity contribution in [3.05, 3.63) is 24.3 Å². The summed E-state index contributed by atoms with van der Waals surface area (Å²) in [4.78, 5) is 4.98. The van der Waals surface area contributed by atoms with Crippen LogP contribution in [0.5, 0.6) is 11.5 Å². The van der Waals surface area contributed by atoms with Crippen LogP contribution in [0, 0.1) is 0 Å². The minimum atomic E-state index is 0.235. The van der Waals surface area contributed by atoms with E-state index in [2.05, 4.69) is 19.0 Å². The summed E-state index contributed by atoms with van der Waals surface area (Å²) in [6, 6.07) is 7.71. The summed E-state index contributed by atoms with van der Waals surface area (Å²) >= 11 is 0. The highest BCUT2D eigenvalue weighted by molar-refractivity contribution is 5.81. The molecule has 4 heteroatoms. The second-order valence-electron chi connectivity index (χ2n) is 4.65. The summed E-state index contributed by atoms with van der Waals surface area (Å²) in [6.45, 7) is 9.20. The van der Waals surface area contributed by atoms with Crippen LogP contribution < -0.4 is 9.47 Å². The molecule has 0 radical (unpaired) electrons. The zero-order valence-electron chi connectivity index (χ0n) is 12.9. The van der Waals surface area contributed by atoms with E-state index in [4.69, 9.17) is 14.3 Å². The second-order valence-corrected chi connectivity index (χ2v) is 4.65. The van der Waals surface area contributed by atoms with Crippen LogP contribution in [0.4, 0.5) is 0 Å². The molecule has 0 bridgehead atoms. The molecule has 0 amide bonds. The number of benzene rings is 1. The summed E-state index contributed by atoms with van der Waals surface area (Å²) < 4.78 is 11.4. The van der Waals surface area contributed by atoms with Gasteiger partial charge in [-0.25, -0.2) is 0 Å². The van der Waals surface area contributed by atoms with Crippen LogP contribution in [0.25, 0.3) is 0 Å². The van der Waals surface area contributed by atoms with Crippen molar-refractivity contribution in [2.45, 2.75) is 46.6 Å². The number of nitrogens with zero attached hydrogens (tertiary/aromatic N) is 1. The van der Waals surface area contributed by atoms with Crippen LogP contribution in [-0.4, -0.2) is 25.0 Å².